The minimum atomic E-state index is -0.133. The van der Waals surface area contributed by atoms with Crippen molar-refractivity contribution in [3.05, 3.63) is 0 Å². The van der Waals surface area contributed by atoms with E-state index in [1.807, 2.05) is 0 Å². The van der Waals surface area contributed by atoms with Crippen molar-refractivity contribution in [2.45, 2.75) is 72.5 Å². The standard InChI is InChI=1S/C15H33NO2/c1-13(2,3)12-18-15(6,7)9-11-17-14(4,5)8-10-16/h8-12,16H2,1-7H3. The molecule has 3 heteroatoms. The molecule has 0 fully saturated rings. The first kappa shape index (κ1) is 17.9. The lowest BCUT2D eigenvalue weighted by atomic mass is 9.97. The van der Waals surface area contributed by atoms with Crippen molar-refractivity contribution in [1.29, 1.82) is 0 Å². The molecule has 0 amide bonds. The Balaban J connectivity index is 3.97. The SMILES string of the molecule is CC(C)(C)COC(C)(C)CCOC(C)(C)CCN. The van der Waals surface area contributed by atoms with Gasteiger partial charge in [0, 0.05) is 0 Å². The molecule has 0 rings (SSSR count). The maximum Gasteiger partial charge on any atom is 0.0648 e. The van der Waals surface area contributed by atoms with Crippen molar-refractivity contribution in [3.8, 4) is 0 Å². The Morgan fingerprint density at radius 3 is 1.72 bits per heavy atom. The van der Waals surface area contributed by atoms with E-state index in [0.717, 1.165) is 19.4 Å². The summed E-state index contributed by atoms with van der Waals surface area (Å²) in [5.41, 5.74) is 5.51. The van der Waals surface area contributed by atoms with E-state index in [0.29, 0.717) is 13.2 Å². The van der Waals surface area contributed by atoms with E-state index in [4.69, 9.17) is 15.2 Å². The maximum atomic E-state index is 5.96. The molecule has 0 radical (unpaired) electrons. The number of ether oxygens (including phenoxy) is 2. The van der Waals surface area contributed by atoms with E-state index in [9.17, 15) is 0 Å². The normalized spacial score (nSPS) is 14.0. The molecule has 0 bridgehead atoms. The highest BCUT2D eigenvalue weighted by atomic mass is 16.5. The summed E-state index contributed by atoms with van der Waals surface area (Å²) in [6.45, 7) is 17.1. The molecule has 0 saturated heterocycles. The molecule has 0 spiro atoms. The molecule has 0 heterocycles. The minimum Gasteiger partial charge on any atom is -0.375 e. The van der Waals surface area contributed by atoms with Crippen LogP contribution in [0.4, 0.5) is 0 Å². The molecule has 0 aromatic carbocycles. The summed E-state index contributed by atoms with van der Waals surface area (Å²) in [6, 6.07) is 0. The van der Waals surface area contributed by atoms with Crippen molar-refractivity contribution in [1.82, 2.24) is 0 Å². The third-order valence-electron chi connectivity index (χ3n) is 2.84. The Hall–Kier alpha value is -0.120. The van der Waals surface area contributed by atoms with E-state index in [-0.39, 0.29) is 16.6 Å². The molecule has 2 N–H and O–H groups in total. The van der Waals surface area contributed by atoms with Crippen LogP contribution in [-0.2, 0) is 9.47 Å². The second-order valence-corrected chi connectivity index (χ2v) is 7.51. The summed E-state index contributed by atoms with van der Waals surface area (Å²) in [7, 11) is 0. The van der Waals surface area contributed by atoms with Gasteiger partial charge >= 0.3 is 0 Å². The van der Waals surface area contributed by atoms with Crippen LogP contribution in [0.25, 0.3) is 0 Å². The zero-order valence-corrected chi connectivity index (χ0v) is 13.4. The van der Waals surface area contributed by atoms with Crippen LogP contribution >= 0.6 is 0 Å². The third-order valence-corrected chi connectivity index (χ3v) is 2.84. The number of nitrogens with two attached hydrogens (primary N) is 1. The van der Waals surface area contributed by atoms with E-state index in [1.54, 1.807) is 0 Å². The van der Waals surface area contributed by atoms with Crippen LogP contribution in [0.1, 0.15) is 61.3 Å². The average Bonchev–Trinajstić information content (AvgIpc) is 2.13. The predicted molar refractivity (Wildman–Crippen MR) is 77.8 cm³/mol. The highest BCUT2D eigenvalue weighted by molar-refractivity contribution is 4.73. The first-order valence-corrected chi connectivity index (χ1v) is 6.95. The van der Waals surface area contributed by atoms with Gasteiger partial charge in [-0.05, 0) is 52.5 Å². The predicted octanol–water partition coefficient (Wildman–Crippen LogP) is 3.36. The molecule has 0 aliphatic heterocycles. The first-order chi connectivity index (χ1) is 7.97. The van der Waals surface area contributed by atoms with Gasteiger partial charge in [-0.1, -0.05) is 20.8 Å². The van der Waals surface area contributed by atoms with Crippen molar-refractivity contribution >= 4 is 0 Å². The van der Waals surface area contributed by atoms with Crippen molar-refractivity contribution in [2.75, 3.05) is 19.8 Å². The van der Waals surface area contributed by atoms with Crippen LogP contribution in [0, 0.1) is 5.41 Å². The molecule has 0 aliphatic carbocycles. The summed E-state index contributed by atoms with van der Waals surface area (Å²) in [6.07, 6.45) is 1.79. The summed E-state index contributed by atoms with van der Waals surface area (Å²) in [4.78, 5) is 0. The summed E-state index contributed by atoms with van der Waals surface area (Å²) in [5.74, 6) is 0. The van der Waals surface area contributed by atoms with E-state index < -0.39 is 0 Å². The van der Waals surface area contributed by atoms with Crippen LogP contribution in [-0.4, -0.2) is 31.0 Å². The Bertz CT molecular complexity index is 229. The molecule has 0 atom stereocenters. The van der Waals surface area contributed by atoms with Crippen LogP contribution in [0.15, 0.2) is 0 Å². The van der Waals surface area contributed by atoms with Gasteiger partial charge in [0.15, 0.2) is 0 Å². The summed E-state index contributed by atoms with van der Waals surface area (Å²) < 4.78 is 11.8. The zero-order chi connectivity index (χ0) is 14.4. The number of hydrogen-bond acceptors (Lipinski definition) is 3. The molecule has 0 aromatic rings. The van der Waals surface area contributed by atoms with E-state index in [2.05, 4.69) is 48.5 Å². The molecule has 18 heavy (non-hydrogen) atoms. The molecule has 3 nitrogen and oxygen atoms in total. The lowest BCUT2D eigenvalue weighted by molar-refractivity contribution is -0.0885. The van der Waals surface area contributed by atoms with Gasteiger partial charge in [-0.25, -0.2) is 0 Å². The summed E-state index contributed by atoms with van der Waals surface area (Å²) >= 11 is 0. The van der Waals surface area contributed by atoms with Crippen molar-refractivity contribution < 1.29 is 9.47 Å². The first-order valence-electron chi connectivity index (χ1n) is 6.95. The van der Waals surface area contributed by atoms with Gasteiger partial charge in [0.1, 0.15) is 0 Å². The van der Waals surface area contributed by atoms with Gasteiger partial charge < -0.3 is 15.2 Å². The maximum absolute atomic E-state index is 5.96. The monoisotopic (exact) mass is 259 g/mol. The second-order valence-electron chi connectivity index (χ2n) is 7.51. The van der Waals surface area contributed by atoms with Crippen LogP contribution < -0.4 is 5.73 Å². The van der Waals surface area contributed by atoms with Crippen LogP contribution in [0.3, 0.4) is 0 Å². The smallest absolute Gasteiger partial charge is 0.0648 e. The average molecular weight is 259 g/mol. The van der Waals surface area contributed by atoms with E-state index in [1.165, 1.54) is 0 Å². The molecular formula is C15H33NO2. The Labute approximate surface area is 113 Å². The highest BCUT2D eigenvalue weighted by Crippen LogP contribution is 2.22. The zero-order valence-electron chi connectivity index (χ0n) is 13.4. The van der Waals surface area contributed by atoms with Gasteiger partial charge in [-0.2, -0.15) is 0 Å². The lowest BCUT2D eigenvalue weighted by Gasteiger charge is -2.32. The lowest BCUT2D eigenvalue weighted by Crippen LogP contribution is -2.34. The molecule has 0 aliphatic rings. The third kappa shape index (κ3) is 9.86. The topological polar surface area (TPSA) is 44.5 Å². The van der Waals surface area contributed by atoms with Crippen molar-refractivity contribution in [3.63, 3.8) is 0 Å². The van der Waals surface area contributed by atoms with Crippen LogP contribution in [0.5, 0.6) is 0 Å². The Morgan fingerprint density at radius 1 is 0.778 bits per heavy atom. The quantitative estimate of drug-likeness (QED) is 0.727. The minimum absolute atomic E-state index is 0.130. The molecule has 0 aromatic heterocycles. The molecule has 0 unspecified atom stereocenters. The van der Waals surface area contributed by atoms with Gasteiger partial charge in [-0.15, -0.1) is 0 Å². The fraction of sp³-hybridized carbons (Fsp3) is 1.00. The number of hydrogen-bond donors (Lipinski definition) is 1. The summed E-state index contributed by atoms with van der Waals surface area (Å²) in [5, 5.41) is 0. The van der Waals surface area contributed by atoms with Gasteiger partial charge in [-0.3, -0.25) is 0 Å². The molecule has 0 saturated carbocycles. The van der Waals surface area contributed by atoms with Crippen LogP contribution in [0.2, 0.25) is 0 Å². The largest absolute Gasteiger partial charge is 0.375 e. The van der Waals surface area contributed by atoms with Crippen molar-refractivity contribution in [2.24, 2.45) is 11.1 Å². The van der Waals surface area contributed by atoms with Gasteiger partial charge in [0.2, 0.25) is 0 Å². The Kier molecular flexibility index (Phi) is 6.83. The molecule has 110 valence electrons. The molecular weight excluding hydrogens is 226 g/mol. The highest BCUT2D eigenvalue weighted by Gasteiger charge is 2.24. The Morgan fingerprint density at radius 2 is 1.28 bits per heavy atom. The second kappa shape index (κ2) is 6.88. The van der Waals surface area contributed by atoms with Gasteiger partial charge in [0.05, 0.1) is 24.4 Å². The fourth-order valence-corrected chi connectivity index (χ4v) is 1.48. The number of rotatable bonds is 8. The van der Waals surface area contributed by atoms with Gasteiger partial charge in [0.25, 0.3) is 0 Å². The van der Waals surface area contributed by atoms with E-state index >= 15 is 0 Å². The fourth-order valence-electron chi connectivity index (χ4n) is 1.48.